The van der Waals surface area contributed by atoms with Crippen LogP contribution < -0.4 is 5.73 Å². The number of imidazole rings is 1. The van der Waals surface area contributed by atoms with Crippen LogP contribution in [-0.4, -0.2) is 9.55 Å². The minimum Gasteiger partial charge on any atom is -0.383 e. The quantitative estimate of drug-likeness (QED) is 0.897. The van der Waals surface area contributed by atoms with Crippen LogP contribution in [0.3, 0.4) is 0 Å². The molecule has 96 valence electrons. The Morgan fingerprint density at radius 3 is 2.56 bits per heavy atom. The Morgan fingerprint density at radius 2 is 2.06 bits per heavy atom. The number of benzene rings is 1. The zero-order valence-electron chi connectivity index (χ0n) is 10.5. The molecule has 1 aromatic heterocycles. The highest BCUT2D eigenvalue weighted by atomic mass is 79.9. The SMILES string of the molecule is CC(C)c1nc(-c2ccc(Br)c(Cl)c2)c(N)n1C. The van der Waals surface area contributed by atoms with Gasteiger partial charge in [-0.3, -0.25) is 0 Å². The van der Waals surface area contributed by atoms with E-state index in [-0.39, 0.29) is 0 Å². The third-order valence-corrected chi connectivity index (χ3v) is 4.12. The number of anilines is 1. The lowest BCUT2D eigenvalue weighted by Gasteiger charge is -2.04. The van der Waals surface area contributed by atoms with E-state index in [1.165, 1.54) is 0 Å². The largest absolute Gasteiger partial charge is 0.383 e. The van der Waals surface area contributed by atoms with Crippen molar-refractivity contribution in [2.75, 3.05) is 5.73 Å². The van der Waals surface area contributed by atoms with Gasteiger partial charge in [0.1, 0.15) is 17.3 Å². The average Bonchev–Trinajstić information content (AvgIpc) is 2.60. The summed E-state index contributed by atoms with van der Waals surface area (Å²) in [4.78, 5) is 4.61. The van der Waals surface area contributed by atoms with E-state index in [1.54, 1.807) is 0 Å². The number of rotatable bonds is 2. The van der Waals surface area contributed by atoms with E-state index in [4.69, 9.17) is 17.3 Å². The first-order valence-corrected chi connectivity index (χ1v) is 6.86. The van der Waals surface area contributed by atoms with E-state index < -0.39 is 0 Å². The van der Waals surface area contributed by atoms with Gasteiger partial charge in [-0.2, -0.15) is 0 Å². The Balaban J connectivity index is 2.57. The van der Waals surface area contributed by atoms with Crippen LogP contribution in [0.1, 0.15) is 25.6 Å². The zero-order valence-corrected chi connectivity index (χ0v) is 12.9. The lowest BCUT2D eigenvalue weighted by atomic mass is 10.1. The van der Waals surface area contributed by atoms with Crippen LogP contribution in [0.5, 0.6) is 0 Å². The molecule has 1 heterocycles. The summed E-state index contributed by atoms with van der Waals surface area (Å²) < 4.78 is 2.79. The molecule has 0 saturated heterocycles. The van der Waals surface area contributed by atoms with Gasteiger partial charge in [-0.25, -0.2) is 4.98 Å². The Morgan fingerprint density at radius 1 is 1.39 bits per heavy atom. The first-order valence-electron chi connectivity index (χ1n) is 5.69. The third kappa shape index (κ3) is 2.27. The predicted molar refractivity (Wildman–Crippen MR) is 79.9 cm³/mol. The number of hydrogen-bond donors (Lipinski definition) is 1. The summed E-state index contributed by atoms with van der Waals surface area (Å²) in [5.74, 6) is 1.97. The van der Waals surface area contributed by atoms with Gasteiger partial charge in [-0.05, 0) is 28.1 Å². The van der Waals surface area contributed by atoms with E-state index in [1.807, 2.05) is 29.8 Å². The lowest BCUT2D eigenvalue weighted by Crippen LogP contribution is -2.02. The first-order chi connectivity index (χ1) is 8.41. The number of nitrogen functional groups attached to an aromatic ring is 1. The van der Waals surface area contributed by atoms with Crippen LogP contribution in [0.4, 0.5) is 5.82 Å². The number of nitrogens with two attached hydrogens (primary N) is 1. The number of halogens is 2. The van der Waals surface area contributed by atoms with E-state index >= 15 is 0 Å². The second kappa shape index (κ2) is 4.94. The van der Waals surface area contributed by atoms with E-state index in [2.05, 4.69) is 34.8 Å². The Labute approximate surface area is 120 Å². The van der Waals surface area contributed by atoms with Crippen LogP contribution >= 0.6 is 27.5 Å². The molecule has 0 amide bonds. The zero-order chi connectivity index (χ0) is 13.4. The Hall–Kier alpha value is -1.00. The summed E-state index contributed by atoms with van der Waals surface area (Å²) >= 11 is 9.48. The summed E-state index contributed by atoms with van der Waals surface area (Å²) in [7, 11) is 1.93. The van der Waals surface area contributed by atoms with Crippen LogP contribution in [0.15, 0.2) is 22.7 Å². The maximum Gasteiger partial charge on any atom is 0.131 e. The highest BCUT2D eigenvalue weighted by Crippen LogP contribution is 2.32. The molecule has 0 aliphatic heterocycles. The molecule has 0 fully saturated rings. The lowest BCUT2D eigenvalue weighted by molar-refractivity contribution is 0.715. The van der Waals surface area contributed by atoms with Gasteiger partial charge >= 0.3 is 0 Å². The standard InChI is InChI=1S/C13H15BrClN3/c1-7(2)13-17-11(12(16)18(13)3)8-4-5-9(14)10(15)6-8/h4-7H,16H2,1-3H3. The van der Waals surface area contributed by atoms with Crippen LogP contribution in [0.2, 0.25) is 5.02 Å². The first kappa shape index (κ1) is 13.4. The second-order valence-electron chi connectivity index (χ2n) is 4.55. The van der Waals surface area contributed by atoms with Crippen molar-refractivity contribution in [3.05, 3.63) is 33.5 Å². The van der Waals surface area contributed by atoms with Crippen LogP contribution in [-0.2, 0) is 7.05 Å². The summed E-state index contributed by atoms with van der Waals surface area (Å²) in [6.45, 7) is 4.19. The molecular weight excluding hydrogens is 314 g/mol. The topological polar surface area (TPSA) is 43.8 Å². The van der Waals surface area contributed by atoms with Crippen molar-refractivity contribution in [2.24, 2.45) is 7.05 Å². The summed E-state index contributed by atoms with van der Waals surface area (Å²) in [5, 5.41) is 0.656. The molecule has 3 nitrogen and oxygen atoms in total. The summed E-state index contributed by atoms with van der Waals surface area (Å²) in [5.41, 5.74) is 7.83. The molecule has 2 N–H and O–H groups in total. The summed E-state index contributed by atoms with van der Waals surface area (Å²) in [6.07, 6.45) is 0. The van der Waals surface area contributed by atoms with Gasteiger partial charge in [0.25, 0.3) is 0 Å². The predicted octanol–water partition coefficient (Wildman–Crippen LogP) is 4.21. The molecular formula is C13H15BrClN3. The minimum atomic E-state index is 0.331. The van der Waals surface area contributed by atoms with Crippen molar-refractivity contribution in [1.82, 2.24) is 9.55 Å². The van der Waals surface area contributed by atoms with Crippen molar-refractivity contribution in [2.45, 2.75) is 19.8 Å². The Bertz CT molecular complexity index is 590. The highest BCUT2D eigenvalue weighted by molar-refractivity contribution is 9.10. The molecule has 0 radical (unpaired) electrons. The fraction of sp³-hybridized carbons (Fsp3) is 0.308. The molecule has 2 rings (SSSR count). The molecule has 5 heteroatoms. The minimum absolute atomic E-state index is 0.331. The van der Waals surface area contributed by atoms with Gasteiger partial charge in [0.05, 0.1) is 5.02 Å². The third-order valence-electron chi connectivity index (χ3n) is 2.88. The van der Waals surface area contributed by atoms with E-state index in [0.29, 0.717) is 16.8 Å². The molecule has 0 atom stereocenters. The van der Waals surface area contributed by atoms with Gasteiger partial charge in [-0.1, -0.05) is 31.5 Å². The molecule has 0 saturated carbocycles. The van der Waals surface area contributed by atoms with Crippen molar-refractivity contribution >= 4 is 33.3 Å². The summed E-state index contributed by atoms with van der Waals surface area (Å²) in [6, 6.07) is 5.73. The van der Waals surface area contributed by atoms with Gasteiger partial charge < -0.3 is 10.3 Å². The second-order valence-corrected chi connectivity index (χ2v) is 5.81. The average molecular weight is 329 g/mol. The molecule has 2 aromatic rings. The van der Waals surface area contributed by atoms with Crippen molar-refractivity contribution in [3.63, 3.8) is 0 Å². The fourth-order valence-electron chi connectivity index (χ4n) is 1.90. The number of nitrogens with zero attached hydrogens (tertiary/aromatic N) is 2. The number of hydrogen-bond acceptors (Lipinski definition) is 2. The van der Waals surface area contributed by atoms with Crippen molar-refractivity contribution < 1.29 is 0 Å². The maximum absolute atomic E-state index is 6.11. The maximum atomic E-state index is 6.11. The van der Waals surface area contributed by atoms with Gasteiger partial charge in [0, 0.05) is 23.0 Å². The molecule has 0 unspecified atom stereocenters. The van der Waals surface area contributed by atoms with Crippen molar-refractivity contribution in [1.29, 1.82) is 0 Å². The van der Waals surface area contributed by atoms with Gasteiger partial charge in [0.2, 0.25) is 0 Å². The fourth-order valence-corrected chi connectivity index (χ4v) is 2.33. The van der Waals surface area contributed by atoms with E-state index in [9.17, 15) is 0 Å². The molecule has 1 aromatic carbocycles. The van der Waals surface area contributed by atoms with Crippen molar-refractivity contribution in [3.8, 4) is 11.3 Å². The Kier molecular flexibility index (Phi) is 3.69. The molecule has 0 aliphatic rings. The highest BCUT2D eigenvalue weighted by Gasteiger charge is 2.16. The molecule has 0 spiro atoms. The van der Waals surface area contributed by atoms with Crippen LogP contribution in [0, 0.1) is 0 Å². The smallest absolute Gasteiger partial charge is 0.131 e. The number of aromatic nitrogens is 2. The monoisotopic (exact) mass is 327 g/mol. The van der Waals surface area contributed by atoms with Gasteiger partial charge in [0.15, 0.2) is 0 Å². The molecule has 18 heavy (non-hydrogen) atoms. The van der Waals surface area contributed by atoms with E-state index in [0.717, 1.165) is 21.6 Å². The molecule has 0 aliphatic carbocycles. The molecule has 0 bridgehead atoms. The van der Waals surface area contributed by atoms with Crippen LogP contribution in [0.25, 0.3) is 11.3 Å². The van der Waals surface area contributed by atoms with Gasteiger partial charge in [-0.15, -0.1) is 0 Å². The normalized spacial score (nSPS) is 11.2.